The maximum Gasteiger partial charge on any atom is 0.231 e. The van der Waals surface area contributed by atoms with E-state index in [9.17, 15) is 0 Å². The molecule has 5 heteroatoms. The van der Waals surface area contributed by atoms with Gasteiger partial charge in [0, 0.05) is 15.7 Å². The molecule has 0 saturated heterocycles. The third-order valence-corrected chi connectivity index (χ3v) is 3.38. The van der Waals surface area contributed by atoms with Gasteiger partial charge in [0.2, 0.25) is 11.7 Å². The fourth-order valence-corrected chi connectivity index (χ4v) is 2.28. The molecule has 0 aliphatic heterocycles. The van der Waals surface area contributed by atoms with Crippen LogP contribution in [0.5, 0.6) is 0 Å². The molecule has 4 nitrogen and oxygen atoms in total. The normalized spacial score (nSPS) is 10.7. The second-order valence-electron chi connectivity index (χ2n) is 4.44. The van der Waals surface area contributed by atoms with Crippen LogP contribution in [0.15, 0.2) is 57.5 Å². The molecule has 3 rings (SSSR count). The molecule has 0 unspecified atom stereocenters. The summed E-state index contributed by atoms with van der Waals surface area (Å²) >= 11 is 3.43. The Hall–Kier alpha value is -2.14. The van der Waals surface area contributed by atoms with Crippen LogP contribution in [0.4, 0.5) is 5.69 Å². The van der Waals surface area contributed by atoms with E-state index in [0.29, 0.717) is 18.1 Å². The second-order valence-corrected chi connectivity index (χ2v) is 5.36. The summed E-state index contributed by atoms with van der Waals surface area (Å²) in [5.74, 6) is 1.18. The lowest BCUT2D eigenvalue weighted by Crippen LogP contribution is -1.90. The molecule has 20 heavy (non-hydrogen) atoms. The first-order valence-corrected chi connectivity index (χ1v) is 6.93. The van der Waals surface area contributed by atoms with Crippen LogP contribution in [0.25, 0.3) is 11.4 Å². The van der Waals surface area contributed by atoms with E-state index in [1.54, 1.807) is 0 Å². The summed E-state index contributed by atoms with van der Waals surface area (Å²) in [5.41, 5.74) is 8.41. The van der Waals surface area contributed by atoms with Gasteiger partial charge in [-0.2, -0.15) is 4.98 Å². The maximum atomic E-state index is 5.66. The van der Waals surface area contributed by atoms with Crippen molar-refractivity contribution < 1.29 is 4.52 Å². The molecule has 3 aromatic rings. The topological polar surface area (TPSA) is 64.9 Å². The molecule has 100 valence electrons. The van der Waals surface area contributed by atoms with E-state index in [-0.39, 0.29) is 0 Å². The van der Waals surface area contributed by atoms with E-state index in [1.807, 2.05) is 48.5 Å². The van der Waals surface area contributed by atoms with Crippen molar-refractivity contribution in [1.29, 1.82) is 0 Å². The Balaban J connectivity index is 1.82. The average Bonchev–Trinajstić information content (AvgIpc) is 2.90. The van der Waals surface area contributed by atoms with Gasteiger partial charge >= 0.3 is 0 Å². The van der Waals surface area contributed by atoms with Gasteiger partial charge in [-0.15, -0.1) is 0 Å². The Morgan fingerprint density at radius 2 is 1.90 bits per heavy atom. The lowest BCUT2D eigenvalue weighted by atomic mass is 10.1. The van der Waals surface area contributed by atoms with Gasteiger partial charge in [-0.1, -0.05) is 45.4 Å². The van der Waals surface area contributed by atoms with Gasteiger partial charge in [-0.05, 0) is 29.8 Å². The number of nitrogens with zero attached hydrogens (tertiary/aromatic N) is 2. The number of hydrogen-bond acceptors (Lipinski definition) is 4. The Morgan fingerprint density at radius 3 is 2.65 bits per heavy atom. The molecule has 0 saturated carbocycles. The largest absolute Gasteiger partial charge is 0.399 e. The number of aromatic nitrogens is 2. The van der Waals surface area contributed by atoms with Crippen molar-refractivity contribution in [2.24, 2.45) is 0 Å². The molecule has 1 heterocycles. The highest BCUT2D eigenvalue weighted by atomic mass is 79.9. The molecule has 0 amide bonds. The summed E-state index contributed by atoms with van der Waals surface area (Å²) in [7, 11) is 0. The van der Waals surface area contributed by atoms with E-state index in [4.69, 9.17) is 10.3 Å². The Kier molecular flexibility index (Phi) is 3.52. The van der Waals surface area contributed by atoms with Crippen LogP contribution < -0.4 is 5.73 Å². The molecule has 0 atom stereocenters. The zero-order valence-corrected chi connectivity index (χ0v) is 12.2. The molecule has 0 bridgehead atoms. The van der Waals surface area contributed by atoms with Crippen molar-refractivity contribution in [3.63, 3.8) is 0 Å². The number of nitrogen functional groups attached to an aromatic ring is 1. The lowest BCUT2D eigenvalue weighted by molar-refractivity contribution is 0.385. The maximum absolute atomic E-state index is 5.66. The Bertz CT molecular complexity index is 722. The van der Waals surface area contributed by atoms with Crippen LogP contribution in [0, 0.1) is 0 Å². The lowest BCUT2D eigenvalue weighted by Gasteiger charge is -1.97. The molecule has 2 N–H and O–H groups in total. The van der Waals surface area contributed by atoms with E-state index < -0.39 is 0 Å². The second kappa shape index (κ2) is 5.46. The monoisotopic (exact) mass is 329 g/mol. The standard InChI is InChI=1S/C15H12BrN3O/c16-12-3-1-2-11(9-12)15-18-14(20-19-15)8-10-4-6-13(17)7-5-10/h1-7,9H,8,17H2. The fraction of sp³-hybridized carbons (Fsp3) is 0.0667. The quantitative estimate of drug-likeness (QED) is 0.744. The number of halogens is 1. The van der Waals surface area contributed by atoms with Crippen molar-refractivity contribution in [3.8, 4) is 11.4 Å². The van der Waals surface area contributed by atoms with Gasteiger partial charge in [0.15, 0.2) is 0 Å². The van der Waals surface area contributed by atoms with Gasteiger partial charge < -0.3 is 10.3 Å². The minimum Gasteiger partial charge on any atom is -0.399 e. The highest BCUT2D eigenvalue weighted by molar-refractivity contribution is 9.10. The number of hydrogen-bond donors (Lipinski definition) is 1. The molecule has 2 aromatic carbocycles. The van der Waals surface area contributed by atoms with Crippen LogP contribution in [-0.2, 0) is 6.42 Å². The smallest absolute Gasteiger partial charge is 0.231 e. The van der Waals surface area contributed by atoms with E-state index in [0.717, 1.165) is 21.3 Å². The minimum absolute atomic E-state index is 0.588. The fourth-order valence-electron chi connectivity index (χ4n) is 1.88. The predicted octanol–water partition coefficient (Wildman–Crippen LogP) is 3.67. The van der Waals surface area contributed by atoms with Crippen molar-refractivity contribution in [3.05, 3.63) is 64.5 Å². The summed E-state index contributed by atoms with van der Waals surface area (Å²) in [6.45, 7) is 0. The average molecular weight is 330 g/mol. The van der Waals surface area contributed by atoms with Crippen LogP contribution >= 0.6 is 15.9 Å². The first-order chi connectivity index (χ1) is 9.70. The van der Waals surface area contributed by atoms with Crippen molar-refractivity contribution >= 4 is 21.6 Å². The minimum atomic E-state index is 0.588. The third-order valence-electron chi connectivity index (χ3n) is 2.89. The number of anilines is 1. The molecular formula is C15H12BrN3O. The summed E-state index contributed by atoms with van der Waals surface area (Å²) in [4.78, 5) is 4.41. The van der Waals surface area contributed by atoms with Crippen molar-refractivity contribution in [1.82, 2.24) is 10.1 Å². The Morgan fingerprint density at radius 1 is 1.10 bits per heavy atom. The van der Waals surface area contributed by atoms with E-state index in [1.165, 1.54) is 0 Å². The van der Waals surface area contributed by atoms with Crippen LogP contribution in [0.3, 0.4) is 0 Å². The van der Waals surface area contributed by atoms with Crippen molar-refractivity contribution in [2.45, 2.75) is 6.42 Å². The molecule has 0 aliphatic rings. The van der Waals surface area contributed by atoms with Gasteiger partial charge in [-0.3, -0.25) is 0 Å². The molecular weight excluding hydrogens is 318 g/mol. The molecule has 1 aromatic heterocycles. The van der Waals surface area contributed by atoms with Crippen LogP contribution in [0.2, 0.25) is 0 Å². The number of benzene rings is 2. The highest BCUT2D eigenvalue weighted by Gasteiger charge is 2.09. The van der Waals surface area contributed by atoms with Gasteiger partial charge in [-0.25, -0.2) is 0 Å². The van der Waals surface area contributed by atoms with Crippen LogP contribution in [0.1, 0.15) is 11.5 Å². The highest BCUT2D eigenvalue weighted by Crippen LogP contribution is 2.21. The van der Waals surface area contributed by atoms with Gasteiger partial charge in [0.1, 0.15) is 0 Å². The zero-order chi connectivity index (χ0) is 13.9. The van der Waals surface area contributed by atoms with Crippen LogP contribution in [-0.4, -0.2) is 10.1 Å². The summed E-state index contributed by atoms with van der Waals surface area (Å²) in [6.07, 6.45) is 0.598. The predicted molar refractivity (Wildman–Crippen MR) is 81.1 cm³/mol. The molecule has 0 radical (unpaired) electrons. The molecule has 0 fully saturated rings. The molecule has 0 spiro atoms. The number of nitrogens with two attached hydrogens (primary N) is 1. The Labute approximate surface area is 124 Å². The van der Waals surface area contributed by atoms with Crippen molar-refractivity contribution in [2.75, 3.05) is 5.73 Å². The van der Waals surface area contributed by atoms with E-state index >= 15 is 0 Å². The first-order valence-electron chi connectivity index (χ1n) is 6.14. The molecule has 0 aliphatic carbocycles. The van der Waals surface area contributed by atoms with E-state index in [2.05, 4.69) is 26.1 Å². The zero-order valence-electron chi connectivity index (χ0n) is 10.6. The summed E-state index contributed by atoms with van der Waals surface area (Å²) < 4.78 is 6.27. The van der Waals surface area contributed by atoms with Gasteiger partial charge in [0.05, 0.1) is 6.42 Å². The SMILES string of the molecule is Nc1ccc(Cc2nc(-c3cccc(Br)c3)no2)cc1. The third kappa shape index (κ3) is 2.88. The number of rotatable bonds is 3. The summed E-state index contributed by atoms with van der Waals surface area (Å²) in [6, 6.07) is 15.4. The summed E-state index contributed by atoms with van der Waals surface area (Å²) in [5, 5.41) is 4.01. The van der Waals surface area contributed by atoms with Gasteiger partial charge in [0.25, 0.3) is 0 Å². The first kappa shape index (κ1) is 12.9.